The second kappa shape index (κ2) is 6.13. The van der Waals surface area contributed by atoms with Crippen LogP contribution >= 0.6 is 11.6 Å². The zero-order valence-electron chi connectivity index (χ0n) is 13.5. The average Bonchev–Trinajstić information content (AvgIpc) is 2.88. The largest absolute Gasteiger partial charge is 0.452 e. The molecule has 24 heavy (non-hydrogen) atoms. The van der Waals surface area contributed by atoms with Gasteiger partial charge in [-0.05, 0) is 56.7 Å². The van der Waals surface area contributed by atoms with Gasteiger partial charge >= 0.3 is 5.97 Å². The highest BCUT2D eigenvalue weighted by atomic mass is 35.5. The highest BCUT2D eigenvalue weighted by Gasteiger charge is 2.31. The zero-order chi connectivity index (χ0) is 17.4. The van der Waals surface area contributed by atoms with Crippen LogP contribution in [0.5, 0.6) is 11.5 Å². The van der Waals surface area contributed by atoms with Crippen LogP contribution in [0.1, 0.15) is 40.1 Å². The van der Waals surface area contributed by atoms with Gasteiger partial charge in [-0.15, -0.1) is 0 Å². The number of allylic oxidation sites excluding steroid dienone is 2. The van der Waals surface area contributed by atoms with Crippen molar-refractivity contribution in [2.75, 3.05) is 0 Å². The van der Waals surface area contributed by atoms with E-state index in [2.05, 4.69) is 0 Å². The molecule has 0 aliphatic carbocycles. The van der Waals surface area contributed by atoms with Crippen LogP contribution in [0.25, 0.3) is 0 Å². The Morgan fingerprint density at radius 2 is 1.92 bits per heavy atom. The van der Waals surface area contributed by atoms with Gasteiger partial charge in [-0.3, -0.25) is 4.79 Å². The topological polar surface area (TPSA) is 52.6 Å². The van der Waals surface area contributed by atoms with Gasteiger partial charge in [0.1, 0.15) is 11.5 Å². The van der Waals surface area contributed by atoms with Crippen molar-refractivity contribution in [2.45, 2.75) is 20.8 Å². The number of carbonyl (C=O) groups excluding carboxylic acids is 2. The number of hydrogen-bond donors (Lipinski definition) is 0. The van der Waals surface area contributed by atoms with Crippen LogP contribution in [0, 0.1) is 6.92 Å². The highest BCUT2D eigenvalue weighted by molar-refractivity contribution is 6.30. The minimum absolute atomic E-state index is 0.152. The Morgan fingerprint density at radius 1 is 1.17 bits per heavy atom. The maximum Gasteiger partial charge on any atom is 0.343 e. The molecule has 0 unspecified atom stereocenters. The fourth-order valence-corrected chi connectivity index (χ4v) is 2.66. The van der Waals surface area contributed by atoms with Crippen molar-refractivity contribution in [3.8, 4) is 11.5 Å². The van der Waals surface area contributed by atoms with Gasteiger partial charge in [0.05, 0.1) is 11.1 Å². The predicted octanol–water partition coefficient (Wildman–Crippen LogP) is 4.74. The third-order valence-corrected chi connectivity index (χ3v) is 3.96. The van der Waals surface area contributed by atoms with Crippen molar-refractivity contribution in [1.29, 1.82) is 0 Å². The number of rotatable bonds is 2. The van der Waals surface area contributed by atoms with Gasteiger partial charge in [-0.2, -0.15) is 0 Å². The number of esters is 1. The van der Waals surface area contributed by atoms with Crippen LogP contribution in [0.4, 0.5) is 0 Å². The highest BCUT2D eigenvalue weighted by Crippen LogP contribution is 2.39. The van der Waals surface area contributed by atoms with Gasteiger partial charge in [-0.25, -0.2) is 4.79 Å². The molecule has 122 valence electrons. The summed E-state index contributed by atoms with van der Waals surface area (Å²) in [6.07, 6.45) is 0. The standard InChI is InChI=1S/C19H15ClO4/c1-10(2)17-16(21)14-7-8-15(11(3)18(14)24-17)23-19(22)12-5-4-6-13(20)9-12/h4-9H,1-3H3. The molecule has 0 aromatic heterocycles. The molecule has 1 aliphatic heterocycles. The molecule has 0 bridgehead atoms. The molecule has 2 aromatic carbocycles. The van der Waals surface area contributed by atoms with E-state index in [1.54, 1.807) is 37.3 Å². The molecule has 5 heteroatoms. The quantitative estimate of drug-likeness (QED) is 0.449. The number of Topliss-reactive ketones (excluding diaryl/α,β-unsaturated/α-hetero) is 1. The minimum atomic E-state index is -0.521. The summed E-state index contributed by atoms with van der Waals surface area (Å²) in [5.74, 6) is 0.439. The molecule has 3 rings (SSSR count). The first-order valence-electron chi connectivity index (χ1n) is 7.40. The van der Waals surface area contributed by atoms with Crippen LogP contribution in [0.3, 0.4) is 0 Å². The Kier molecular flexibility index (Phi) is 4.16. The van der Waals surface area contributed by atoms with E-state index in [1.807, 2.05) is 13.8 Å². The van der Waals surface area contributed by atoms with Gasteiger partial charge < -0.3 is 9.47 Å². The first-order chi connectivity index (χ1) is 11.4. The Balaban J connectivity index is 1.93. The normalized spacial score (nSPS) is 12.7. The monoisotopic (exact) mass is 342 g/mol. The number of fused-ring (bicyclic) bond motifs is 1. The SMILES string of the molecule is CC(C)=C1Oc2c(ccc(OC(=O)c3cccc(Cl)c3)c2C)C1=O. The summed E-state index contributed by atoms with van der Waals surface area (Å²) in [7, 11) is 0. The van der Waals surface area contributed by atoms with E-state index in [0.717, 1.165) is 5.57 Å². The van der Waals surface area contributed by atoms with E-state index in [9.17, 15) is 9.59 Å². The van der Waals surface area contributed by atoms with Gasteiger partial charge in [0, 0.05) is 10.6 Å². The van der Waals surface area contributed by atoms with E-state index in [0.29, 0.717) is 39.0 Å². The number of benzene rings is 2. The van der Waals surface area contributed by atoms with Crippen molar-refractivity contribution in [2.24, 2.45) is 0 Å². The molecule has 1 heterocycles. The number of carbonyl (C=O) groups is 2. The molecule has 0 fully saturated rings. The number of halogens is 1. The Hall–Kier alpha value is -2.59. The number of ether oxygens (including phenoxy) is 2. The number of hydrogen-bond acceptors (Lipinski definition) is 4. The van der Waals surface area contributed by atoms with Crippen molar-refractivity contribution in [3.05, 3.63) is 69.4 Å². The van der Waals surface area contributed by atoms with Crippen LogP contribution in [-0.2, 0) is 0 Å². The summed E-state index contributed by atoms with van der Waals surface area (Å²) >= 11 is 5.89. The molecular weight excluding hydrogens is 328 g/mol. The van der Waals surface area contributed by atoms with Crippen LogP contribution in [0.2, 0.25) is 5.02 Å². The van der Waals surface area contributed by atoms with Crippen molar-refractivity contribution in [1.82, 2.24) is 0 Å². The molecule has 0 N–H and O–H groups in total. The summed E-state index contributed by atoms with van der Waals surface area (Å²) in [5, 5.41) is 0.456. The molecule has 0 saturated carbocycles. The Labute approximate surface area is 144 Å². The molecule has 0 radical (unpaired) electrons. The second-order valence-electron chi connectivity index (χ2n) is 5.73. The Bertz CT molecular complexity index is 892. The number of ketones is 1. The van der Waals surface area contributed by atoms with Gasteiger partial charge in [0.15, 0.2) is 5.76 Å². The third-order valence-electron chi connectivity index (χ3n) is 3.73. The lowest BCUT2D eigenvalue weighted by atomic mass is 10.1. The van der Waals surface area contributed by atoms with Crippen LogP contribution in [-0.4, -0.2) is 11.8 Å². The zero-order valence-corrected chi connectivity index (χ0v) is 14.2. The predicted molar refractivity (Wildman–Crippen MR) is 90.9 cm³/mol. The van der Waals surface area contributed by atoms with Crippen molar-refractivity contribution in [3.63, 3.8) is 0 Å². The molecule has 0 saturated heterocycles. The van der Waals surface area contributed by atoms with Crippen molar-refractivity contribution < 1.29 is 19.1 Å². The van der Waals surface area contributed by atoms with E-state index in [1.165, 1.54) is 6.07 Å². The fraction of sp³-hybridized carbons (Fsp3) is 0.158. The summed E-state index contributed by atoms with van der Waals surface area (Å²) in [5.41, 5.74) is 2.23. The van der Waals surface area contributed by atoms with E-state index < -0.39 is 5.97 Å². The molecule has 0 spiro atoms. The van der Waals surface area contributed by atoms with Crippen LogP contribution in [0.15, 0.2) is 47.7 Å². The average molecular weight is 343 g/mol. The van der Waals surface area contributed by atoms with Gasteiger partial charge in [-0.1, -0.05) is 17.7 Å². The summed E-state index contributed by atoms with van der Waals surface area (Å²) in [6.45, 7) is 5.38. The first-order valence-corrected chi connectivity index (χ1v) is 7.77. The van der Waals surface area contributed by atoms with Gasteiger partial charge in [0.25, 0.3) is 0 Å². The minimum Gasteiger partial charge on any atom is -0.452 e. The molecule has 4 nitrogen and oxygen atoms in total. The summed E-state index contributed by atoms with van der Waals surface area (Å²) in [6, 6.07) is 9.73. The Morgan fingerprint density at radius 3 is 2.58 bits per heavy atom. The van der Waals surface area contributed by atoms with Crippen LogP contribution < -0.4 is 9.47 Å². The third kappa shape index (κ3) is 2.81. The van der Waals surface area contributed by atoms with E-state index >= 15 is 0 Å². The van der Waals surface area contributed by atoms with Crippen molar-refractivity contribution >= 4 is 23.4 Å². The smallest absolute Gasteiger partial charge is 0.343 e. The molecule has 0 atom stereocenters. The second-order valence-corrected chi connectivity index (χ2v) is 6.16. The maximum absolute atomic E-state index is 12.3. The molecule has 2 aromatic rings. The fourth-order valence-electron chi connectivity index (χ4n) is 2.47. The van der Waals surface area contributed by atoms with E-state index in [4.69, 9.17) is 21.1 Å². The van der Waals surface area contributed by atoms with Gasteiger partial charge in [0.2, 0.25) is 5.78 Å². The van der Waals surface area contributed by atoms with E-state index in [-0.39, 0.29) is 5.78 Å². The summed E-state index contributed by atoms with van der Waals surface area (Å²) < 4.78 is 11.1. The maximum atomic E-state index is 12.3. The lowest BCUT2D eigenvalue weighted by Crippen LogP contribution is -2.09. The molecule has 0 amide bonds. The summed E-state index contributed by atoms with van der Waals surface area (Å²) in [4.78, 5) is 24.5. The lowest BCUT2D eigenvalue weighted by molar-refractivity contribution is 0.0733. The molecular formula is C19H15ClO4. The molecule has 1 aliphatic rings. The lowest BCUT2D eigenvalue weighted by Gasteiger charge is -2.10. The first kappa shape index (κ1) is 16.3.